The lowest BCUT2D eigenvalue weighted by Crippen LogP contribution is -2.19. The Bertz CT molecular complexity index is 1060. The minimum atomic E-state index is -4.79. The van der Waals surface area contributed by atoms with Crippen molar-refractivity contribution >= 4 is 45.0 Å². The molecule has 3 N–H and O–H groups in total. The molecular formula is C19H15BrF3N5O2. The van der Waals surface area contributed by atoms with E-state index in [4.69, 9.17) is 0 Å². The molecule has 1 amide bonds. The summed E-state index contributed by atoms with van der Waals surface area (Å²) in [6.07, 6.45) is -3.32. The molecule has 11 heteroatoms. The third-order valence-corrected chi connectivity index (χ3v) is 4.30. The van der Waals surface area contributed by atoms with Gasteiger partial charge in [-0.1, -0.05) is 18.2 Å². The van der Waals surface area contributed by atoms with Crippen LogP contribution in [-0.2, 0) is 0 Å². The number of amides is 1. The first-order valence-corrected chi connectivity index (χ1v) is 9.28. The zero-order valence-corrected chi connectivity index (χ0v) is 17.0. The van der Waals surface area contributed by atoms with Crippen LogP contribution in [0, 0.1) is 0 Å². The molecule has 0 radical (unpaired) electrons. The van der Waals surface area contributed by atoms with Gasteiger partial charge in [0.25, 0.3) is 5.91 Å². The summed E-state index contributed by atoms with van der Waals surface area (Å²) < 4.78 is 41.7. The molecular weight excluding hydrogens is 467 g/mol. The number of para-hydroxylation sites is 1. The van der Waals surface area contributed by atoms with Gasteiger partial charge in [-0.05, 0) is 40.2 Å². The van der Waals surface area contributed by atoms with Crippen LogP contribution in [0.3, 0.4) is 0 Å². The van der Waals surface area contributed by atoms with Gasteiger partial charge in [0, 0.05) is 25.0 Å². The number of benzene rings is 2. The molecule has 0 bridgehead atoms. The van der Waals surface area contributed by atoms with E-state index in [0.29, 0.717) is 27.2 Å². The second kappa shape index (κ2) is 8.99. The van der Waals surface area contributed by atoms with Crippen LogP contribution in [0.5, 0.6) is 5.75 Å². The smallest absolute Gasteiger partial charge is 0.406 e. The van der Waals surface area contributed by atoms with Crippen molar-refractivity contribution in [3.63, 3.8) is 0 Å². The van der Waals surface area contributed by atoms with E-state index in [1.54, 1.807) is 30.3 Å². The fourth-order valence-electron chi connectivity index (χ4n) is 2.47. The number of rotatable bonds is 6. The van der Waals surface area contributed by atoms with Gasteiger partial charge in [-0.15, -0.1) is 13.2 Å². The summed E-state index contributed by atoms with van der Waals surface area (Å²) >= 11 is 3.34. The van der Waals surface area contributed by atoms with Gasteiger partial charge in [0.2, 0.25) is 5.95 Å². The predicted molar refractivity (Wildman–Crippen MR) is 109 cm³/mol. The topological polar surface area (TPSA) is 88.2 Å². The summed E-state index contributed by atoms with van der Waals surface area (Å²) in [5, 5.41) is 8.43. The van der Waals surface area contributed by atoms with Gasteiger partial charge in [-0.3, -0.25) is 4.79 Å². The normalized spacial score (nSPS) is 11.0. The van der Waals surface area contributed by atoms with Crippen molar-refractivity contribution in [2.24, 2.45) is 0 Å². The molecule has 0 spiro atoms. The summed E-state index contributed by atoms with van der Waals surface area (Å²) in [7, 11) is 1.53. The van der Waals surface area contributed by atoms with Crippen LogP contribution in [0.15, 0.2) is 59.2 Å². The molecule has 0 atom stereocenters. The molecule has 1 aromatic heterocycles. The maximum atomic E-state index is 12.4. The Morgan fingerprint density at radius 1 is 1.10 bits per heavy atom. The van der Waals surface area contributed by atoms with Crippen molar-refractivity contribution in [1.82, 2.24) is 15.3 Å². The number of alkyl halides is 3. The van der Waals surface area contributed by atoms with Gasteiger partial charge in [-0.2, -0.15) is 4.98 Å². The molecule has 3 rings (SSSR count). The van der Waals surface area contributed by atoms with Crippen molar-refractivity contribution < 1.29 is 22.7 Å². The van der Waals surface area contributed by atoms with E-state index in [0.717, 1.165) is 0 Å². The largest absolute Gasteiger partial charge is 0.573 e. The molecule has 0 unspecified atom stereocenters. The lowest BCUT2D eigenvalue weighted by atomic mass is 10.1. The number of hydrogen-bond donors (Lipinski definition) is 3. The van der Waals surface area contributed by atoms with Crippen LogP contribution in [0.1, 0.15) is 10.4 Å². The number of carbonyl (C=O) groups is 1. The number of aromatic nitrogens is 2. The molecule has 0 saturated carbocycles. The fourth-order valence-corrected chi connectivity index (χ4v) is 2.76. The SMILES string of the molecule is CNC(=O)c1ccccc1Nc1nc(Nc2cccc(OC(F)(F)F)c2)ncc1Br. The quantitative estimate of drug-likeness (QED) is 0.459. The Labute approximate surface area is 177 Å². The number of nitrogens with zero attached hydrogens (tertiary/aromatic N) is 2. The van der Waals surface area contributed by atoms with Crippen molar-refractivity contribution in [2.75, 3.05) is 17.7 Å². The lowest BCUT2D eigenvalue weighted by Gasteiger charge is -2.13. The van der Waals surface area contributed by atoms with E-state index in [9.17, 15) is 18.0 Å². The molecule has 0 aliphatic rings. The average molecular weight is 482 g/mol. The Hall–Kier alpha value is -3.34. The van der Waals surface area contributed by atoms with Gasteiger partial charge < -0.3 is 20.7 Å². The third-order valence-electron chi connectivity index (χ3n) is 3.72. The van der Waals surface area contributed by atoms with E-state index < -0.39 is 6.36 Å². The van der Waals surface area contributed by atoms with Crippen molar-refractivity contribution in [3.8, 4) is 5.75 Å². The maximum absolute atomic E-state index is 12.4. The zero-order chi connectivity index (χ0) is 21.7. The number of anilines is 4. The van der Waals surface area contributed by atoms with Crippen molar-refractivity contribution in [2.45, 2.75) is 6.36 Å². The maximum Gasteiger partial charge on any atom is 0.573 e. The number of hydrogen-bond acceptors (Lipinski definition) is 6. The number of ether oxygens (including phenoxy) is 1. The third kappa shape index (κ3) is 5.60. The lowest BCUT2D eigenvalue weighted by molar-refractivity contribution is -0.274. The first-order valence-electron chi connectivity index (χ1n) is 8.48. The molecule has 3 aromatic rings. The second-order valence-electron chi connectivity index (χ2n) is 5.84. The number of halogens is 4. The standard InChI is InChI=1S/C19H15BrF3N5O2/c1-24-17(29)13-7-2-3-8-15(13)27-16-14(20)10-25-18(28-16)26-11-5-4-6-12(9-11)30-19(21,22)23/h2-10H,1H3,(H,24,29)(H2,25,26,27,28). The first-order chi connectivity index (χ1) is 14.2. The minimum absolute atomic E-state index is 0.127. The van der Waals surface area contributed by atoms with Crippen LogP contribution in [-0.4, -0.2) is 29.3 Å². The van der Waals surface area contributed by atoms with Gasteiger partial charge in [0.05, 0.1) is 15.7 Å². The molecule has 1 heterocycles. The van der Waals surface area contributed by atoms with Crippen LogP contribution < -0.4 is 20.7 Å². The summed E-state index contributed by atoms with van der Waals surface area (Å²) in [5.74, 6) is -0.167. The van der Waals surface area contributed by atoms with Gasteiger partial charge in [0.15, 0.2) is 0 Å². The highest BCUT2D eigenvalue weighted by Crippen LogP contribution is 2.29. The van der Waals surface area contributed by atoms with E-state index in [1.807, 2.05) is 0 Å². The van der Waals surface area contributed by atoms with Crippen LogP contribution >= 0.6 is 15.9 Å². The number of carbonyl (C=O) groups excluding carboxylic acids is 1. The molecule has 0 aliphatic carbocycles. The highest BCUT2D eigenvalue weighted by molar-refractivity contribution is 9.10. The van der Waals surface area contributed by atoms with Crippen LogP contribution in [0.4, 0.5) is 36.3 Å². The van der Waals surface area contributed by atoms with Crippen LogP contribution in [0.2, 0.25) is 0 Å². The summed E-state index contributed by atoms with van der Waals surface area (Å²) in [5.41, 5.74) is 1.23. The Morgan fingerprint density at radius 3 is 2.60 bits per heavy atom. The highest BCUT2D eigenvalue weighted by atomic mass is 79.9. The van der Waals surface area contributed by atoms with Crippen LogP contribution in [0.25, 0.3) is 0 Å². The minimum Gasteiger partial charge on any atom is -0.406 e. The molecule has 156 valence electrons. The predicted octanol–water partition coefficient (Wildman–Crippen LogP) is 4.98. The summed E-state index contributed by atoms with van der Waals surface area (Å²) in [6, 6.07) is 12.2. The Balaban J connectivity index is 1.83. The highest BCUT2D eigenvalue weighted by Gasteiger charge is 2.31. The molecule has 0 fully saturated rings. The van der Waals surface area contributed by atoms with Gasteiger partial charge in [-0.25, -0.2) is 4.98 Å². The van der Waals surface area contributed by atoms with E-state index in [-0.39, 0.29) is 17.6 Å². The number of nitrogens with one attached hydrogen (secondary N) is 3. The molecule has 7 nitrogen and oxygen atoms in total. The first kappa shape index (κ1) is 21.4. The molecule has 2 aromatic carbocycles. The molecule has 0 aliphatic heterocycles. The van der Waals surface area contributed by atoms with E-state index >= 15 is 0 Å². The van der Waals surface area contributed by atoms with E-state index in [1.165, 1.54) is 31.4 Å². The average Bonchev–Trinajstić information content (AvgIpc) is 2.69. The van der Waals surface area contributed by atoms with E-state index in [2.05, 4.69) is 46.6 Å². The Morgan fingerprint density at radius 2 is 1.87 bits per heavy atom. The molecule has 30 heavy (non-hydrogen) atoms. The Kier molecular flexibility index (Phi) is 6.40. The van der Waals surface area contributed by atoms with Gasteiger partial charge >= 0.3 is 6.36 Å². The van der Waals surface area contributed by atoms with Crippen molar-refractivity contribution in [3.05, 3.63) is 64.8 Å². The summed E-state index contributed by atoms with van der Waals surface area (Å²) in [4.78, 5) is 20.5. The van der Waals surface area contributed by atoms with Gasteiger partial charge in [0.1, 0.15) is 11.6 Å². The molecule has 0 saturated heterocycles. The summed E-state index contributed by atoms with van der Waals surface area (Å²) in [6.45, 7) is 0. The van der Waals surface area contributed by atoms with Crippen molar-refractivity contribution in [1.29, 1.82) is 0 Å². The second-order valence-corrected chi connectivity index (χ2v) is 6.69. The monoisotopic (exact) mass is 481 g/mol. The fraction of sp³-hybridized carbons (Fsp3) is 0.105. The zero-order valence-electron chi connectivity index (χ0n) is 15.4.